The van der Waals surface area contributed by atoms with Crippen molar-refractivity contribution in [3.05, 3.63) is 23.9 Å². The van der Waals surface area contributed by atoms with Crippen LogP contribution in [0.3, 0.4) is 0 Å². The van der Waals surface area contributed by atoms with Gasteiger partial charge in [0.2, 0.25) is 5.88 Å². The Hall–Kier alpha value is -1.60. The number of pyridine rings is 1. The normalized spacial score (nSPS) is 10.0. The topological polar surface area (TPSA) is 49.1 Å². The summed E-state index contributed by atoms with van der Waals surface area (Å²) in [5.74, 6) is 0.521. The highest BCUT2D eigenvalue weighted by molar-refractivity contribution is 5.24. The van der Waals surface area contributed by atoms with E-state index in [1.165, 1.54) is 0 Å². The highest BCUT2D eigenvalue weighted by Gasteiger charge is 1.97. The maximum absolute atomic E-state index is 8.63. The zero-order valence-corrected chi connectivity index (χ0v) is 9.10. The van der Waals surface area contributed by atoms with Gasteiger partial charge in [0.05, 0.1) is 6.61 Å². The van der Waals surface area contributed by atoms with E-state index in [0.29, 0.717) is 18.2 Å². The van der Waals surface area contributed by atoms with Crippen LogP contribution in [0.2, 0.25) is 0 Å². The van der Waals surface area contributed by atoms with Crippen LogP contribution < -0.4 is 4.74 Å². The monoisotopic (exact) mass is 205 g/mol. The first kappa shape index (κ1) is 11.5. The molecule has 15 heavy (non-hydrogen) atoms. The van der Waals surface area contributed by atoms with Crippen molar-refractivity contribution in [1.29, 1.82) is 5.26 Å². The summed E-state index contributed by atoms with van der Waals surface area (Å²) >= 11 is 0. The molecule has 1 aromatic heterocycles. The van der Waals surface area contributed by atoms with Crippen LogP contribution in [-0.2, 0) is 0 Å². The molecule has 0 unspecified atom stereocenters. The van der Waals surface area contributed by atoms with Gasteiger partial charge in [0.15, 0.2) is 0 Å². The van der Waals surface area contributed by atoms with Gasteiger partial charge in [-0.15, -0.1) is 0 Å². The van der Waals surface area contributed by atoms with Gasteiger partial charge in [-0.3, -0.25) is 0 Å². The van der Waals surface area contributed by atoms with E-state index in [2.05, 4.69) is 9.88 Å². The lowest BCUT2D eigenvalue weighted by atomic mass is 10.4. The second kappa shape index (κ2) is 5.99. The lowest BCUT2D eigenvalue weighted by molar-refractivity contribution is 0.273. The number of aromatic nitrogens is 1. The number of nitriles is 1. The van der Waals surface area contributed by atoms with E-state index in [1.807, 2.05) is 20.2 Å². The van der Waals surface area contributed by atoms with Gasteiger partial charge in [-0.05, 0) is 26.6 Å². The Balaban J connectivity index is 2.35. The summed E-state index contributed by atoms with van der Waals surface area (Å²) in [6.07, 6.45) is 0.950. The Bertz CT molecular complexity index is 344. The molecule has 0 aliphatic carbocycles. The smallest absolute Gasteiger partial charge is 0.214 e. The molecule has 0 spiro atoms. The van der Waals surface area contributed by atoms with Crippen molar-refractivity contribution >= 4 is 0 Å². The zero-order chi connectivity index (χ0) is 11.1. The molecule has 1 aromatic rings. The van der Waals surface area contributed by atoms with Crippen molar-refractivity contribution in [2.45, 2.75) is 6.42 Å². The summed E-state index contributed by atoms with van der Waals surface area (Å²) in [6, 6.07) is 7.17. The molecular formula is C11H15N3O. The predicted molar refractivity (Wildman–Crippen MR) is 57.6 cm³/mol. The minimum absolute atomic E-state index is 0.389. The first-order valence-electron chi connectivity index (χ1n) is 4.87. The fraction of sp³-hybridized carbons (Fsp3) is 0.455. The van der Waals surface area contributed by atoms with Crippen LogP contribution in [0.1, 0.15) is 12.1 Å². The highest BCUT2D eigenvalue weighted by atomic mass is 16.5. The van der Waals surface area contributed by atoms with E-state index in [9.17, 15) is 0 Å². The first-order valence-corrected chi connectivity index (χ1v) is 4.87. The van der Waals surface area contributed by atoms with Crippen LogP contribution in [0.5, 0.6) is 5.88 Å². The van der Waals surface area contributed by atoms with E-state index in [1.54, 1.807) is 18.2 Å². The Morgan fingerprint density at radius 1 is 1.47 bits per heavy atom. The van der Waals surface area contributed by atoms with Crippen molar-refractivity contribution in [3.8, 4) is 11.9 Å². The largest absolute Gasteiger partial charge is 0.478 e. The number of hydrogen-bond donors (Lipinski definition) is 0. The predicted octanol–water partition coefficient (Wildman–Crippen LogP) is 1.28. The SMILES string of the molecule is CN(C)CCCOc1cccc(C#N)n1. The molecule has 0 amide bonds. The Labute approximate surface area is 90.1 Å². The van der Waals surface area contributed by atoms with E-state index in [4.69, 9.17) is 10.00 Å². The van der Waals surface area contributed by atoms with Gasteiger partial charge in [0.1, 0.15) is 11.8 Å². The summed E-state index contributed by atoms with van der Waals surface area (Å²) in [5.41, 5.74) is 0.389. The van der Waals surface area contributed by atoms with E-state index in [-0.39, 0.29) is 0 Å². The molecule has 0 saturated carbocycles. The molecule has 0 aliphatic rings. The molecule has 4 nitrogen and oxygen atoms in total. The van der Waals surface area contributed by atoms with Crippen molar-refractivity contribution in [2.24, 2.45) is 0 Å². The molecular weight excluding hydrogens is 190 g/mol. The van der Waals surface area contributed by atoms with Gasteiger partial charge in [-0.1, -0.05) is 6.07 Å². The molecule has 0 saturated heterocycles. The molecule has 0 N–H and O–H groups in total. The third-order valence-electron chi connectivity index (χ3n) is 1.84. The molecule has 0 bridgehead atoms. The summed E-state index contributed by atoms with van der Waals surface area (Å²) in [4.78, 5) is 6.11. The maximum atomic E-state index is 8.63. The second-order valence-corrected chi connectivity index (χ2v) is 3.48. The lowest BCUT2D eigenvalue weighted by Crippen LogP contribution is -2.15. The summed E-state index contributed by atoms with van der Waals surface area (Å²) < 4.78 is 5.41. The minimum atomic E-state index is 0.389. The number of hydrogen-bond acceptors (Lipinski definition) is 4. The first-order chi connectivity index (χ1) is 7.22. The van der Waals surface area contributed by atoms with Crippen molar-refractivity contribution in [3.63, 3.8) is 0 Å². The number of nitrogens with zero attached hydrogens (tertiary/aromatic N) is 3. The van der Waals surface area contributed by atoms with Gasteiger partial charge >= 0.3 is 0 Å². The Kier molecular flexibility index (Phi) is 4.58. The molecule has 0 fully saturated rings. The minimum Gasteiger partial charge on any atom is -0.478 e. The molecule has 0 aromatic carbocycles. The second-order valence-electron chi connectivity index (χ2n) is 3.48. The van der Waals surface area contributed by atoms with Gasteiger partial charge < -0.3 is 9.64 Å². The summed E-state index contributed by atoms with van der Waals surface area (Å²) in [5, 5.41) is 8.63. The summed E-state index contributed by atoms with van der Waals surface area (Å²) in [6.45, 7) is 1.61. The molecule has 80 valence electrons. The van der Waals surface area contributed by atoms with Crippen LogP contribution in [0.25, 0.3) is 0 Å². The van der Waals surface area contributed by atoms with Crippen LogP contribution in [0.4, 0.5) is 0 Å². The van der Waals surface area contributed by atoms with E-state index in [0.717, 1.165) is 13.0 Å². The van der Waals surface area contributed by atoms with E-state index >= 15 is 0 Å². The standard InChI is InChI=1S/C11H15N3O/c1-14(2)7-4-8-15-11-6-3-5-10(9-12)13-11/h3,5-6H,4,7-8H2,1-2H3. The van der Waals surface area contributed by atoms with Gasteiger partial charge in [0, 0.05) is 12.6 Å². The molecule has 0 radical (unpaired) electrons. The maximum Gasteiger partial charge on any atom is 0.214 e. The Morgan fingerprint density at radius 3 is 2.93 bits per heavy atom. The lowest BCUT2D eigenvalue weighted by Gasteiger charge is -2.09. The van der Waals surface area contributed by atoms with E-state index < -0.39 is 0 Å². The van der Waals surface area contributed by atoms with Crippen molar-refractivity contribution < 1.29 is 4.74 Å². The Morgan fingerprint density at radius 2 is 2.27 bits per heavy atom. The van der Waals surface area contributed by atoms with Crippen LogP contribution in [0, 0.1) is 11.3 Å². The van der Waals surface area contributed by atoms with Gasteiger partial charge in [-0.2, -0.15) is 5.26 Å². The quantitative estimate of drug-likeness (QED) is 0.679. The van der Waals surface area contributed by atoms with Crippen LogP contribution >= 0.6 is 0 Å². The number of ether oxygens (including phenoxy) is 1. The summed E-state index contributed by atoms with van der Waals surface area (Å²) in [7, 11) is 4.04. The molecule has 1 rings (SSSR count). The van der Waals surface area contributed by atoms with Crippen LogP contribution in [-0.4, -0.2) is 37.1 Å². The van der Waals surface area contributed by atoms with Crippen molar-refractivity contribution in [1.82, 2.24) is 9.88 Å². The average molecular weight is 205 g/mol. The van der Waals surface area contributed by atoms with Crippen molar-refractivity contribution in [2.75, 3.05) is 27.2 Å². The third kappa shape index (κ3) is 4.43. The molecule has 1 heterocycles. The fourth-order valence-corrected chi connectivity index (χ4v) is 1.11. The molecule has 0 aliphatic heterocycles. The molecule has 0 atom stereocenters. The molecule has 4 heteroatoms. The zero-order valence-electron chi connectivity index (χ0n) is 9.10. The highest BCUT2D eigenvalue weighted by Crippen LogP contribution is 2.06. The van der Waals surface area contributed by atoms with Gasteiger partial charge in [0.25, 0.3) is 0 Å². The fourth-order valence-electron chi connectivity index (χ4n) is 1.11. The third-order valence-corrected chi connectivity index (χ3v) is 1.84. The van der Waals surface area contributed by atoms with Gasteiger partial charge in [-0.25, -0.2) is 4.98 Å². The van der Waals surface area contributed by atoms with Crippen LogP contribution in [0.15, 0.2) is 18.2 Å². The number of rotatable bonds is 5. The average Bonchev–Trinajstić information content (AvgIpc) is 2.24.